The maximum absolute atomic E-state index is 12.5. The molecule has 1 amide bonds. The molecule has 1 aromatic heterocycles. The summed E-state index contributed by atoms with van der Waals surface area (Å²) in [6, 6.07) is 5.53. The van der Waals surface area contributed by atoms with E-state index < -0.39 is 0 Å². The van der Waals surface area contributed by atoms with Gasteiger partial charge in [0.1, 0.15) is 5.00 Å². The smallest absolute Gasteiger partial charge is 0.341 e. The third-order valence-corrected chi connectivity index (χ3v) is 6.53. The number of esters is 1. The van der Waals surface area contributed by atoms with Crippen LogP contribution in [0, 0.1) is 12.8 Å². The molecule has 1 heterocycles. The van der Waals surface area contributed by atoms with Crippen LogP contribution in [0.1, 0.15) is 46.6 Å². The van der Waals surface area contributed by atoms with Crippen molar-refractivity contribution in [3.63, 3.8) is 0 Å². The average molecular weight is 421 g/mol. The van der Waals surface area contributed by atoms with Gasteiger partial charge in [0.25, 0.3) is 0 Å². The van der Waals surface area contributed by atoms with Crippen LogP contribution in [-0.4, -0.2) is 25.0 Å². The Labute approximate surface area is 174 Å². The summed E-state index contributed by atoms with van der Waals surface area (Å²) in [6.07, 6.45) is 2.82. The topological polar surface area (TPSA) is 67.4 Å². The summed E-state index contributed by atoms with van der Waals surface area (Å²) in [7, 11) is 0. The minimum Gasteiger partial charge on any atom is -0.462 e. The number of carbonyl (C=O) groups excluding carboxylic acids is 2. The summed E-state index contributed by atoms with van der Waals surface area (Å²) < 4.78 is 5.25. The van der Waals surface area contributed by atoms with E-state index in [4.69, 9.17) is 16.3 Å². The minimum atomic E-state index is -0.358. The zero-order valence-electron chi connectivity index (χ0n) is 16.4. The number of hydrogen-bond acceptors (Lipinski definition) is 5. The highest BCUT2D eigenvalue weighted by atomic mass is 35.5. The number of hydrogen-bond donors (Lipinski definition) is 2. The van der Waals surface area contributed by atoms with Crippen LogP contribution < -0.4 is 10.6 Å². The van der Waals surface area contributed by atoms with Gasteiger partial charge < -0.3 is 15.4 Å². The molecular formula is C21H25ClN2O3S. The quantitative estimate of drug-likeness (QED) is 0.641. The van der Waals surface area contributed by atoms with E-state index in [1.54, 1.807) is 6.92 Å². The third-order valence-electron chi connectivity index (χ3n) is 4.95. The fourth-order valence-corrected chi connectivity index (χ4v) is 4.99. The van der Waals surface area contributed by atoms with Gasteiger partial charge in [-0.05, 0) is 62.3 Å². The molecular weight excluding hydrogens is 396 g/mol. The van der Waals surface area contributed by atoms with Crippen molar-refractivity contribution in [1.82, 2.24) is 0 Å². The zero-order valence-corrected chi connectivity index (χ0v) is 17.9. The first-order valence-corrected chi connectivity index (χ1v) is 10.7. The Hall–Kier alpha value is -2.05. The summed E-state index contributed by atoms with van der Waals surface area (Å²) >= 11 is 7.62. The predicted octanol–water partition coefficient (Wildman–Crippen LogP) is 5.06. The van der Waals surface area contributed by atoms with Crippen LogP contribution in [0.5, 0.6) is 0 Å². The van der Waals surface area contributed by atoms with Crippen molar-refractivity contribution >= 4 is 45.5 Å². The van der Waals surface area contributed by atoms with Gasteiger partial charge in [0.05, 0.1) is 18.7 Å². The molecule has 0 fully saturated rings. The van der Waals surface area contributed by atoms with Crippen LogP contribution in [0.4, 0.5) is 10.7 Å². The Morgan fingerprint density at radius 2 is 2.14 bits per heavy atom. The van der Waals surface area contributed by atoms with Crippen molar-refractivity contribution in [1.29, 1.82) is 0 Å². The van der Waals surface area contributed by atoms with Crippen molar-refractivity contribution in [2.24, 2.45) is 5.92 Å². The highest BCUT2D eigenvalue weighted by molar-refractivity contribution is 7.17. The van der Waals surface area contributed by atoms with Crippen molar-refractivity contribution < 1.29 is 14.3 Å². The van der Waals surface area contributed by atoms with Crippen molar-refractivity contribution in [2.75, 3.05) is 23.8 Å². The van der Waals surface area contributed by atoms with Gasteiger partial charge in [-0.3, -0.25) is 4.79 Å². The number of anilines is 2. The van der Waals surface area contributed by atoms with E-state index in [-0.39, 0.29) is 18.4 Å². The van der Waals surface area contributed by atoms with E-state index in [1.807, 2.05) is 25.1 Å². The van der Waals surface area contributed by atoms with Gasteiger partial charge in [-0.2, -0.15) is 0 Å². The molecule has 0 saturated heterocycles. The lowest BCUT2D eigenvalue weighted by molar-refractivity contribution is -0.114. The fourth-order valence-electron chi connectivity index (χ4n) is 3.40. The van der Waals surface area contributed by atoms with Gasteiger partial charge in [-0.1, -0.05) is 24.6 Å². The Morgan fingerprint density at radius 3 is 2.89 bits per heavy atom. The van der Waals surface area contributed by atoms with Crippen LogP contribution in [0.25, 0.3) is 0 Å². The third kappa shape index (κ3) is 4.50. The Bertz CT molecular complexity index is 894. The highest BCUT2D eigenvalue weighted by Gasteiger charge is 2.29. The first-order valence-electron chi connectivity index (χ1n) is 9.51. The molecule has 5 nitrogen and oxygen atoms in total. The molecule has 2 N–H and O–H groups in total. The molecule has 0 radical (unpaired) electrons. The predicted molar refractivity (Wildman–Crippen MR) is 115 cm³/mol. The summed E-state index contributed by atoms with van der Waals surface area (Å²) in [6.45, 7) is 6.29. The van der Waals surface area contributed by atoms with Crippen LogP contribution in [0.3, 0.4) is 0 Å². The van der Waals surface area contributed by atoms with Crippen LogP contribution in [-0.2, 0) is 22.4 Å². The van der Waals surface area contributed by atoms with Gasteiger partial charge in [-0.25, -0.2) is 4.79 Å². The molecule has 1 aromatic carbocycles. The summed E-state index contributed by atoms with van der Waals surface area (Å²) in [5.41, 5.74) is 3.27. The zero-order chi connectivity index (χ0) is 20.3. The molecule has 150 valence electrons. The average Bonchev–Trinajstić information content (AvgIpc) is 2.99. The largest absolute Gasteiger partial charge is 0.462 e. The molecule has 1 atom stereocenters. The van der Waals surface area contributed by atoms with E-state index in [1.165, 1.54) is 16.2 Å². The van der Waals surface area contributed by atoms with Crippen molar-refractivity contribution in [3.8, 4) is 0 Å². The SMILES string of the molecule is CCOC(=O)c1c(NC(=O)CNc2cccc(Cl)c2C)sc2c1CC[C@H](C)C2. The molecule has 0 saturated carbocycles. The Kier molecular flexibility index (Phi) is 6.62. The fraction of sp³-hybridized carbons (Fsp3) is 0.429. The summed E-state index contributed by atoms with van der Waals surface area (Å²) in [5.74, 6) is 0.0114. The van der Waals surface area contributed by atoms with Crippen molar-refractivity contribution in [3.05, 3.63) is 44.8 Å². The number of rotatable bonds is 6. The molecule has 28 heavy (non-hydrogen) atoms. The molecule has 0 bridgehead atoms. The number of nitrogens with one attached hydrogen (secondary N) is 2. The van der Waals surface area contributed by atoms with E-state index >= 15 is 0 Å². The maximum Gasteiger partial charge on any atom is 0.341 e. The van der Waals surface area contributed by atoms with Gasteiger partial charge in [0.2, 0.25) is 5.91 Å². The molecule has 0 aliphatic heterocycles. The molecule has 1 aliphatic carbocycles. The standard InChI is InChI=1S/C21H25ClN2O3S/c1-4-27-21(26)19-14-9-8-12(2)10-17(14)28-20(19)24-18(25)11-23-16-7-5-6-15(22)13(16)3/h5-7,12,23H,4,8-11H2,1-3H3,(H,24,25)/t12-/m0/s1. The number of carbonyl (C=O) groups is 2. The first-order chi connectivity index (χ1) is 13.4. The monoisotopic (exact) mass is 420 g/mol. The number of fused-ring (bicyclic) bond motifs is 1. The lowest BCUT2D eigenvalue weighted by atomic mass is 9.88. The number of amides is 1. The van der Waals surface area contributed by atoms with Crippen LogP contribution in [0.15, 0.2) is 18.2 Å². The first kappa shape index (κ1) is 20.7. The van der Waals surface area contributed by atoms with E-state index in [0.29, 0.717) is 28.1 Å². The lowest BCUT2D eigenvalue weighted by Gasteiger charge is -2.18. The summed E-state index contributed by atoms with van der Waals surface area (Å²) in [5, 5.41) is 7.26. The molecule has 0 spiro atoms. The normalized spacial score (nSPS) is 15.6. The minimum absolute atomic E-state index is 0.0857. The van der Waals surface area contributed by atoms with Crippen molar-refractivity contribution in [2.45, 2.75) is 40.0 Å². The Balaban J connectivity index is 1.76. The molecule has 0 unspecified atom stereocenters. The lowest BCUT2D eigenvalue weighted by Crippen LogP contribution is -2.23. The van der Waals surface area contributed by atoms with Crippen LogP contribution >= 0.6 is 22.9 Å². The number of ether oxygens (including phenoxy) is 1. The second-order valence-electron chi connectivity index (χ2n) is 7.09. The second kappa shape index (κ2) is 8.97. The van der Waals surface area contributed by atoms with E-state index in [0.717, 1.165) is 36.1 Å². The molecule has 1 aliphatic rings. The second-order valence-corrected chi connectivity index (χ2v) is 8.60. The van der Waals surface area contributed by atoms with E-state index in [2.05, 4.69) is 17.6 Å². The maximum atomic E-state index is 12.5. The Morgan fingerprint density at radius 1 is 1.36 bits per heavy atom. The molecule has 7 heteroatoms. The van der Waals surface area contributed by atoms with E-state index in [9.17, 15) is 9.59 Å². The summed E-state index contributed by atoms with van der Waals surface area (Å²) in [4.78, 5) is 26.2. The molecule has 3 rings (SSSR count). The van der Waals surface area contributed by atoms with Gasteiger partial charge >= 0.3 is 5.97 Å². The van der Waals surface area contributed by atoms with Crippen LogP contribution in [0.2, 0.25) is 5.02 Å². The number of halogens is 1. The molecule has 2 aromatic rings. The van der Waals surface area contributed by atoms with Gasteiger partial charge in [0.15, 0.2) is 0 Å². The number of thiophene rings is 1. The van der Waals surface area contributed by atoms with Gasteiger partial charge in [0, 0.05) is 15.6 Å². The highest BCUT2D eigenvalue weighted by Crippen LogP contribution is 2.40. The number of benzene rings is 1. The van der Waals surface area contributed by atoms with Gasteiger partial charge in [-0.15, -0.1) is 11.3 Å².